The summed E-state index contributed by atoms with van der Waals surface area (Å²) in [7, 11) is -4.54. The van der Waals surface area contributed by atoms with Crippen molar-refractivity contribution in [2.75, 3.05) is 56.2 Å². The molecule has 3 N–H and O–H groups in total. The molecule has 5 aromatic rings. The van der Waals surface area contributed by atoms with E-state index in [0.29, 0.717) is 61.6 Å². The Morgan fingerprint density at radius 1 is 1.05 bits per heavy atom. The van der Waals surface area contributed by atoms with Gasteiger partial charge in [-0.15, -0.1) is 0 Å². The second-order valence-electron chi connectivity index (χ2n) is 17.4. The number of benzene rings is 3. The Morgan fingerprint density at radius 2 is 1.84 bits per heavy atom. The molecule has 0 bridgehead atoms. The van der Waals surface area contributed by atoms with Crippen molar-refractivity contribution in [3.8, 4) is 11.5 Å². The minimum atomic E-state index is -4.54. The van der Waals surface area contributed by atoms with Gasteiger partial charge in [-0.1, -0.05) is 43.2 Å². The summed E-state index contributed by atoms with van der Waals surface area (Å²) in [6, 6.07) is 20.3. The highest BCUT2D eigenvalue weighted by molar-refractivity contribution is 7.90. The summed E-state index contributed by atoms with van der Waals surface area (Å²) in [5.41, 5.74) is 5.31. The molecule has 1 atom stereocenters. The zero-order chi connectivity index (χ0) is 43.6. The number of ether oxygens (including phenoxy) is 2. The molecule has 2 saturated heterocycles. The van der Waals surface area contributed by atoms with Crippen molar-refractivity contribution in [3.63, 3.8) is 0 Å². The summed E-state index contributed by atoms with van der Waals surface area (Å²) in [4.78, 5) is 37.4. The van der Waals surface area contributed by atoms with E-state index in [1.807, 2.05) is 24.3 Å². The van der Waals surface area contributed by atoms with Crippen molar-refractivity contribution in [2.24, 2.45) is 11.3 Å². The average Bonchev–Trinajstić information content (AvgIpc) is 3.72. The highest BCUT2D eigenvalue weighted by Gasteiger charge is 2.33. The number of carbonyl (C=O) groups is 1. The van der Waals surface area contributed by atoms with Crippen molar-refractivity contribution in [3.05, 3.63) is 117 Å². The zero-order valence-corrected chi connectivity index (χ0v) is 36.7. The summed E-state index contributed by atoms with van der Waals surface area (Å²) < 4.78 is 41.5. The molecule has 326 valence electrons. The van der Waals surface area contributed by atoms with Crippen molar-refractivity contribution in [1.29, 1.82) is 0 Å². The number of nitrogens with one attached hydrogen (secondary N) is 3. The van der Waals surface area contributed by atoms with E-state index in [2.05, 4.69) is 62.7 Å². The molecule has 1 aliphatic carbocycles. The molecule has 3 aromatic carbocycles. The van der Waals surface area contributed by atoms with Crippen molar-refractivity contribution in [1.82, 2.24) is 19.6 Å². The number of sulfonamides is 1. The van der Waals surface area contributed by atoms with Crippen LogP contribution in [0.25, 0.3) is 16.6 Å². The van der Waals surface area contributed by atoms with Gasteiger partial charge in [0.1, 0.15) is 22.8 Å². The Hall–Kier alpha value is -5.48. The van der Waals surface area contributed by atoms with Gasteiger partial charge in [0.2, 0.25) is 0 Å². The topological polar surface area (TPSA) is 172 Å². The Morgan fingerprint density at radius 3 is 2.60 bits per heavy atom. The van der Waals surface area contributed by atoms with Crippen LogP contribution in [0.4, 0.5) is 17.1 Å². The molecule has 14 nitrogen and oxygen atoms in total. The number of nitro benzene ring substituents is 1. The number of piperazine rings is 1. The van der Waals surface area contributed by atoms with Crippen LogP contribution in [0.5, 0.6) is 11.5 Å². The fraction of sp³-hybridized carbons (Fsp3) is 0.391. The number of halogens is 1. The van der Waals surface area contributed by atoms with E-state index in [-0.39, 0.29) is 28.6 Å². The van der Waals surface area contributed by atoms with E-state index in [0.717, 1.165) is 55.7 Å². The molecule has 4 heterocycles. The molecule has 0 spiro atoms. The highest BCUT2D eigenvalue weighted by atomic mass is 35.5. The fourth-order valence-corrected chi connectivity index (χ4v) is 9.92. The number of carbonyl (C=O) groups excluding carboxylic acids is 1. The third kappa shape index (κ3) is 9.91. The normalized spacial score (nSPS) is 18.8. The maximum atomic E-state index is 14.2. The number of nitro groups is 1. The number of anilines is 2. The van der Waals surface area contributed by atoms with E-state index in [9.17, 15) is 23.3 Å². The minimum absolute atomic E-state index is 0.0801. The Balaban J connectivity index is 1.05. The van der Waals surface area contributed by atoms with Crippen molar-refractivity contribution in [2.45, 2.75) is 63.8 Å². The van der Waals surface area contributed by atoms with Crippen LogP contribution >= 0.6 is 11.6 Å². The van der Waals surface area contributed by atoms with E-state index in [4.69, 9.17) is 21.1 Å². The van der Waals surface area contributed by atoms with Crippen LogP contribution in [-0.2, 0) is 14.8 Å². The van der Waals surface area contributed by atoms with Gasteiger partial charge in [-0.3, -0.25) is 19.8 Å². The van der Waals surface area contributed by atoms with Gasteiger partial charge in [0.15, 0.2) is 0 Å². The van der Waals surface area contributed by atoms with E-state index < -0.39 is 31.4 Å². The Kier molecular flexibility index (Phi) is 12.6. The number of pyridine rings is 1. The minimum Gasteiger partial charge on any atom is -0.456 e. The molecular formula is C46H52ClN7O7S. The van der Waals surface area contributed by atoms with Crippen LogP contribution in [0, 0.1) is 21.4 Å². The van der Waals surface area contributed by atoms with Gasteiger partial charge >= 0.3 is 0 Å². The van der Waals surface area contributed by atoms with Gasteiger partial charge < -0.3 is 24.7 Å². The summed E-state index contributed by atoms with van der Waals surface area (Å²) in [5.74, 6) is 0.335. The van der Waals surface area contributed by atoms with Gasteiger partial charge in [0.05, 0.1) is 27.3 Å². The number of hydrogen-bond acceptors (Lipinski definition) is 11. The zero-order valence-electron chi connectivity index (χ0n) is 35.2. The number of amides is 1. The van der Waals surface area contributed by atoms with Gasteiger partial charge in [-0.25, -0.2) is 18.1 Å². The summed E-state index contributed by atoms with van der Waals surface area (Å²) in [6.07, 6.45) is 8.13. The van der Waals surface area contributed by atoms with E-state index >= 15 is 0 Å². The lowest BCUT2D eigenvalue weighted by molar-refractivity contribution is -0.384. The number of aromatic amines is 1. The van der Waals surface area contributed by atoms with E-state index in [1.54, 1.807) is 30.6 Å². The number of fused-ring (bicyclic) bond motifs is 1. The Bertz CT molecular complexity index is 2610. The molecule has 8 rings (SSSR count). The highest BCUT2D eigenvalue weighted by Crippen LogP contribution is 2.44. The predicted molar refractivity (Wildman–Crippen MR) is 242 cm³/mol. The molecule has 62 heavy (non-hydrogen) atoms. The summed E-state index contributed by atoms with van der Waals surface area (Å²) in [6.45, 7) is 11.2. The first-order valence-corrected chi connectivity index (χ1v) is 23.0. The Labute approximate surface area is 366 Å². The van der Waals surface area contributed by atoms with Gasteiger partial charge in [-0.2, -0.15) is 0 Å². The van der Waals surface area contributed by atoms with Crippen molar-refractivity contribution < 1.29 is 27.6 Å². The van der Waals surface area contributed by atoms with E-state index in [1.165, 1.54) is 28.8 Å². The first-order chi connectivity index (χ1) is 29.7. The van der Waals surface area contributed by atoms with Crippen LogP contribution in [0.15, 0.2) is 95.7 Å². The lowest BCUT2D eigenvalue weighted by Gasteiger charge is -2.43. The van der Waals surface area contributed by atoms with Crippen LogP contribution in [-0.4, -0.2) is 86.1 Å². The second-order valence-corrected chi connectivity index (χ2v) is 19.5. The number of rotatable bonds is 13. The van der Waals surface area contributed by atoms with Crippen LogP contribution in [0.3, 0.4) is 0 Å². The first kappa shape index (κ1) is 43.2. The quantitative estimate of drug-likeness (QED) is 0.0761. The lowest BCUT2D eigenvalue weighted by atomic mass is 9.72. The third-order valence-corrected chi connectivity index (χ3v) is 13.8. The van der Waals surface area contributed by atoms with Gasteiger partial charge in [-0.05, 0) is 110 Å². The number of allylic oxidation sites excluding steroid dienone is 1. The molecule has 1 unspecified atom stereocenters. The standard InChI is InChI=1S/C46H52ClN7O7S/c1-30-28-52(29-34-12-16-46(2,3)25-40(34)32-4-6-35(47)7-5-32)18-19-53(30)42-23-36(61-37-22-33-13-17-48-44(33)50-27-37)8-10-39(42)45(55)51-62(58,59)38-9-11-41(43(24-38)54(56)57)49-26-31-14-20-60-21-15-31/h4-11,13,17,22-24,27,30-31,49H,12,14-16,18-21,25-26,28-29H2,1-3H3,(H,48,50)(H,51,55). The SMILES string of the molecule is CC1CN(CC2=C(c3ccc(Cl)cc3)CC(C)(C)CC2)CCN1c1cc(Oc2cnc3[nH]ccc3c2)ccc1C(=O)NS(=O)(=O)c1ccc(NCC2CCOCC2)c([N+](=O)[O-])c1. The molecular weight excluding hydrogens is 830 g/mol. The smallest absolute Gasteiger partial charge is 0.293 e. The molecule has 2 aliphatic heterocycles. The molecule has 2 aromatic heterocycles. The number of H-pyrrole nitrogens is 1. The lowest BCUT2D eigenvalue weighted by Crippen LogP contribution is -2.53. The summed E-state index contributed by atoms with van der Waals surface area (Å²) in [5, 5.41) is 16.8. The largest absolute Gasteiger partial charge is 0.456 e. The molecule has 2 fully saturated rings. The second kappa shape index (κ2) is 18.1. The maximum Gasteiger partial charge on any atom is 0.293 e. The van der Waals surface area contributed by atoms with Crippen LogP contribution in [0.1, 0.15) is 68.8 Å². The number of nitrogens with zero attached hydrogens (tertiary/aromatic N) is 4. The summed E-state index contributed by atoms with van der Waals surface area (Å²) >= 11 is 6.26. The van der Waals surface area contributed by atoms with Crippen LogP contribution in [0.2, 0.25) is 5.02 Å². The molecule has 1 amide bonds. The van der Waals surface area contributed by atoms with Gasteiger partial charge in [0, 0.05) is 80.7 Å². The third-order valence-electron chi connectivity index (χ3n) is 12.3. The monoisotopic (exact) mass is 881 g/mol. The predicted octanol–water partition coefficient (Wildman–Crippen LogP) is 9.05. The molecule has 16 heteroatoms. The average molecular weight is 882 g/mol. The molecule has 0 radical (unpaired) electrons. The fourth-order valence-electron chi connectivity index (χ4n) is 8.80. The molecule has 3 aliphatic rings. The molecule has 0 saturated carbocycles. The number of aromatic nitrogens is 2. The maximum absolute atomic E-state index is 14.2. The number of hydrogen-bond donors (Lipinski definition) is 3. The van der Waals surface area contributed by atoms with Crippen molar-refractivity contribution >= 4 is 61.2 Å². The van der Waals surface area contributed by atoms with Crippen LogP contribution < -0.4 is 19.7 Å². The van der Waals surface area contributed by atoms with Gasteiger partial charge in [0.25, 0.3) is 21.6 Å². The first-order valence-electron chi connectivity index (χ1n) is 21.1.